The number of allylic oxidation sites excluding steroid dienone is 3. The van der Waals surface area contributed by atoms with Crippen molar-refractivity contribution in [3.8, 4) is 0 Å². The SMILES string of the molecule is CCCCCCCCCC/C=C/C(O)C(COC1OC(CO)C(O)C(O)C1O)NC(=O)CCCCCCCCCCCCCCC/C=C\CCCCCCCCCCCCCCOC(=O)CCCCCCCCCCCCC. The molecule has 1 aliphatic rings. The second kappa shape index (κ2) is 57.0. The zero-order valence-electron chi connectivity index (χ0n) is 50.9. The Balaban J connectivity index is 1.96. The van der Waals surface area contributed by atoms with Crippen molar-refractivity contribution in [2.75, 3.05) is 19.8 Å². The summed E-state index contributed by atoms with van der Waals surface area (Å²) in [5.41, 5.74) is 0. The van der Waals surface area contributed by atoms with Gasteiger partial charge in [-0.05, 0) is 57.8 Å². The van der Waals surface area contributed by atoms with Gasteiger partial charge in [0.15, 0.2) is 6.29 Å². The molecule has 0 spiro atoms. The average molecular weight is 1110 g/mol. The molecular weight excluding hydrogens is 979 g/mol. The van der Waals surface area contributed by atoms with E-state index in [0.717, 1.165) is 57.8 Å². The first kappa shape index (κ1) is 74.2. The van der Waals surface area contributed by atoms with Crippen molar-refractivity contribution in [1.29, 1.82) is 0 Å². The Bertz CT molecular complexity index is 1350. The smallest absolute Gasteiger partial charge is 0.305 e. The van der Waals surface area contributed by atoms with E-state index in [-0.39, 0.29) is 18.5 Å². The number of nitrogens with one attached hydrogen (secondary N) is 1. The van der Waals surface area contributed by atoms with Gasteiger partial charge in [0.1, 0.15) is 24.4 Å². The molecule has 7 unspecified atom stereocenters. The van der Waals surface area contributed by atoms with Crippen LogP contribution in [0.1, 0.15) is 328 Å². The molecule has 7 atom stereocenters. The minimum atomic E-state index is -1.57. The van der Waals surface area contributed by atoms with Gasteiger partial charge in [-0.15, -0.1) is 0 Å². The number of rotatable bonds is 59. The summed E-state index contributed by atoms with van der Waals surface area (Å²) in [5.74, 6) is -0.173. The summed E-state index contributed by atoms with van der Waals surface area (Å²) in [6.45, 7) is 4.35. The largest absolute Gasteiger partial charge is 0.466 e. The molecule has 1 amide bonds. The molecule has 0 aromatic rings. The Morgan fingerprint density at radius 2 is 0.821 bits per heavy atom. The highest BCUT2D eigenvalue weighted by Gasteiger charge is 2.44. The first-order valence-corrected chi connectivity index (χ1v) is 33.6. The average Bonchev–Trinajstić information content (AvgIpc) is 3.44. The third kappa shape index (κ3) is 45.7. The van der Waals surface area contributed by atoms with Crippen LogP contribution in [0, 0.1) is 0 Å². The number of carbonyl (C=O) groups excluding carboxylic acids is 2. The van der Waals surface area contributed by atoms with E-state index in [4.69, 9.17) is 14.2 Å². The van der Waals surface area contributed by atoms with Crippen LogP contribution in [0.5, 0.6) is 0 Å². The zero-order valence-corrected chi connectivity index (χ0v) is 50.9. The third-order valence-corrected chi connectivity index (χ3v) is 16.1. The molecule has 0 aromatic heterocycles. The monoisotopic (exact) mass is 1110 g/mol. The number of unbranched alkanes of at least 4 members (excludes halogenated alkanes) is 43. The number of carbonyl (C=O) groups is 2. The minimum Gasteiger partial charge on any atom is -0.466 e. The van der Waals surface area contributed by atoms with Crippen molar-refractivity contribution in [3.05, 3.63) is 24.3 Å². The second-order valence-corrected chi connectivity index (χ2v) is 23.5. The number of aliphatic hydroxyl groups is 5. The molecule has 0 radical (unpaired) electrons. The van der Waals surface area contributed by atoms with E-state index in [9.17, 15) is 35.1 Å². The van der Waals surface area contributed by atoms with Gasteiger partial charge < -0.3 is 45.1 Å². The number of amides is 1. The van der Waals surface area contributed by atoms with Crippen molar-refractivity contribution in [2.24, 2.45) is 0 Å². The standard InChI is InChI=1S/C67H127NO10/c1-3-5-7-9-11-13-34-39-43-47-51-55-63(72)76-56-52-48-44-40-36-33-31-29-27-25-23-21-19-17-15-16-18-20-22-24-26-28-30-32-35-38-42-46-50-54-62(71)68-59(58-77-67-66(75)65(74)64(73)61(57-69)78-67)60(70)53-49-45-41-37-14-12-10-8-6-4-2/h15,17,49,53,59-61,64-67,69-70,73-75H,3-14,16,18-48,50-52,54-58H2,1-2H3,(H,68,71)/b17-15-,53-49+. The summed E-state index contributed by atoms with van der Waals surface area (Å²) >= 11 is 0. The van der Waals surface area contributed by atoms with Crippen LogP contribution in [0.25, 0.3) is 0 Å². The summed E-state index contributed by atoms with van der Waals surface area (Å²) in [6.07, 6.45) is 60.2. The van der Waals surface area contributed by atoms with Gasteiger partial charge in [-0.25, -0.2) is 0 Å². The lowest BCUT2D eigenvalue weighted by atomic mass is 9.99. The van der Waals surface area contributed by atoms with Crippen LogP contribution < -0.4 is 5.32 Å². The maximum atomic E-state index is 13.0. The van der Waals surface area contributed by atoms with Gasteiger partial charge in [0.25, 0.3) is 0 Å². The third-order valence-electron chi connectivity index (χ3n) is 16.1. The number of ether oxygens (including phenoxy) is 3. The summed E-state index contributed by atoms with van der Waals surface area (Å²) in [7, 11) is 0. The van der Waals surface area contributed by atoms with E-state index in [1.54, 1.807) is 6.08 Å². The fraction of sp³-hybridized carbons (Fsp3) is 0.910. The molecule has 0 aromatic carbocycles. The van der Waals surface area contributed by atoms with Crippen molar-refractivity contribution in [3.63, 3.8) is 0 Å². The van der Waals surface area contributed by atoms with Crippen LogP contribution in [0.15, 0.2) is 24.3 Å². The number of aliphatic hydroxyl groups excluding tert-OH is 5. The fourth-order valence-electron chi connectivity index (χ4n) is 10.7. The molecule has 0 aliphatic carbocycles. The topological polar surface area (TPSA) is 175 Å². The molecule has 1 heterocycles. The summed E-state index contributed by atoms with van der Waals surface area (Å²) in [4.78, 5) is 25.0. The predicted octanol–water partition coefficient (Wildman–Crippen LogP) is 16.5. The summed E-state index contributed by atoms with van der Waals surface area (Å²) < 4.78 is 16.7. The van der Waals surface area contributed by atoms with E-state index in [1.807, 2.05) is 6.08 Å². The number of hydrogen-bond acceptors (Lipinski definition) is 10. The molecule has 0 bridgehead atoms. The Morgan fingerprint density at radius 3 is 1.23 bits per heavy atom. The predicted molar refractivity (Wildman–Crippen MR) is 324 cm³/mol. The van der Waals surface area contributed by atoms with Gasteiger partial charge in [0.05, 0.1) is 32.0 Å². The highest BCUT2D eigenvalue weighted by Crippen LogP contribution is 2.23. The van der Waals surface area contributed by atoms with Gasteiger partial charge in [-0.3, -0.25) is 9.59 Å². The Morgan fingerprint density at radius 1 is 0.462 bits per heavy atom. The molecule has 1 fully saturated rings. The first-order valence-electron chi connectivity index (χ1n) is 33.6. The zero-order chi connectivity index (χ0) is 56.6. The molecule has 460 valence electrons. The summed E-state index contributed by atoms with van der Waals surface area (Å²) in [6, 6.07) is -0.808. The molecule has 1 aliphatic heterocycles. The number of esters is 1. The van der Waals surface area contributed by atoms with E-state index in [1.165, 1.54) is 244 Å². The molecule has 0 saturated carbocycles. The lowest BCUT2D eigenvalue weighted by Gasteiger charge is -2.40. The second-order valence-electron chi connectivity index (χ2n) is 23.5. The lowest BCUT2D eigenvalue weighted by molar-refractivity contribution is -0.302. The molecular formula is C67H127NO10. The molecule has 1 saturated heterocycles. The van der Waals surface area contributed by atoms with E-state index < -0.39 is 49.5 Å². The van der Waals surface area contributed by atoms with Gasteiger partial charge in [0, 0.05) is 12.8 Å². The first-order chi connectivity index (χ1) is 38.2. The van der Waals surface area contributed by atoms with E-state index in [0.29, 0.717) is 19.4 Å². The van der Waals surface area contributed by atoms with Crippen LogP contribution in [-0.4, -0.2) is 100 Å². The fourth-order valence-corrected chi connectivity index (χ4v) is 10.7. The van der Waals surface area contributed by atoms with Crippen molar-refractivity contribution >= 4 is 11.9 Å². The highest BCUT2D eigenvalue weighted by atomic mass is 16.7. The Hall–Kier alpha value is -1.86. The molecule has 11 heteroatoms. The number of hydrogen-bond donors (Lipinski definition) is 6. The van der Waals surface area contributed by atoms with Crippen molar-refractivity contribution in [2.45, 2.75) is 371 Å². The minimum absolute atomic E-state index is 0.00777. The van der Waals surface area contributed by atoms with Gasteiger partial charge in [0.2, 0.25) is 5.91 Å². The quantitative estimate of drug-likeness (QED) is 0.0195. The van der Waals surface area contributed by atoms with Crippen LogP contribution in [0.2, 0.25) is 0 Å². The lowest BCUT2D eigenvalue weighted by Crippen LogP contribution is -2.60. The summed E-state index contributed by atoms with van der Waals surface area (Å²) in [5, 5.41) is 54.3. The maximum Gasteiger partial charge on any atom is 0.305 e. The Kier molecular flexibility index (Phi) is 54.2. The normalized spacial score (nSPS) is 18.6. The molecule has 1 rings (SSSR count). The van der Waals surface area contributed by atoms with Gasteiger partial charge in [-0.1, -0.05) is 282 Å². The van der Waals surface area contributed by atoms with E-state index >= 15 is 0 Å². The van der Waals surface area contributed by atoms with Gasteiger partial charge >= 0.3 is 5.97 Å². The van der Waals surface area contributed by atoms with Crippen molar-refractivity contribution < 1.29 is 49.3 Å². The molecule has 6 N–H and O–H groups in total. The highest BCUT2D eigenvalue weighted by molar-refractivity contribution is 5.76. The maximum absolute atomic E-state index is 13.0. The van der Waals surface area contributed by atoms with Crippen LogP contribution >= 0.6 is 0 Å². The van der Waals surface area contributed by atoms with Crippen molar-refractivity contribution in [1.82, 2.24) is 5.32 Å². The van der Waals surface area contributed by atoms with Crippen LogP contribution in [-0.2, 0) is 23.8 Å². The van der Waals surface area contributed by atoms with Crippen LogP contribution in [0.3, 0.4) is 0 Å². The molecule has 78 heavy (non-hydrogen) atoms. The molecule has 11 nitrogen and oxygen atoms in total. The van der Waals surface area contributed by atoms with E-state index in [2.05, 4.69) is 31.3 Å². The Labute approximate surface area is 480 Å². The van der Waals surface area contributed by atoms with Gasteiger partial charge in [-0.2, -0.15) is 0 Å². The van der Waals surface area contributed by atoms with Crippen LogP contribution in [0.4, 0.5) is 0 Å².